The van der Waals surface area contributed by atoms with Gasteiger partial charge in [0.25, 0.3) is 0 Å². The fraction of sp³-hybridized carbons (Fsp3) is 0.212. The zero-order chi connectivity index (χ0) is 28.0. The molecule has 0 saturated carbocycles. The van der Waals surface area contributed by atoms with E-state index in [0.717, 1.165) is 32.3 Å². The highest BCUT2D eigenvalue weighted by Gasteiger charge is 2.54. The molecule has 0 aliphatic carbocycles. The highest BCUT2D eigenvalue weighted by Crippen LogP contribution is 2.43. The molecule has 0 unspecified atom stereocenters. The molecule has 0 fully saturated rings. The third-order valence-electron chi connectivity index (χ3n) is 6.88. The van der Waals surface area contributed by atoms with E-state index in [1.807, 2.05) is 91.0 Å². The number of nitrogens with zero attached hydrogens (tertiary/aromatic N) is 1. The molecular weight excluding hydrogens is 570 g/mol. The lowest BCUT2D eigenvalue weighted by Gasteiger charge is -2.29. The summed E-state index contributed by atoms with van der Waals surface area (Å²) in [5.41, 5.74) is 3.32. The molecule has 7 heteroatoms. The molecular formula is C33H30BrNO5. The Hall–Kier alpha value is -3.94. The maximum Gasteiger partial charge on any atom is 0.338 e. The van der Waals surface area contributed by atoms with Gasteiger partial charge in [0.05, 0.1) is 13.7 Å². The van der Waals surface area contributed by atoms with E-state index >= 15 is 0 Å². The van der Waals surface area contributed by atoms with Gasteiger partial charge in [0.15, 0.2) is 6.10 Å². The Morgan fingerprint density at radius 3 is 2.20 bits per heavy atom. The first-order valence-electron chi connectivity index (χ1n) is 13.1. The van der Waals surface area contributed by atoms with Crippen molar-refractivity contribution >= 4 is 27.8 Å². The Bertz CT molecular complexity index is 1450. The average Bonchev–Trinajstić information content (AvgIpc) is 3.39. The zero-order valence-electron chi connectivity index (χ0n) is 22.1. The van der Waals surface area contributed by atoms with E-state index in [-0.39, 0.29) is 6.61 Å². The third-order valence-corrected chi connectivity index (χ3v) is 7.41. The lowest BCUT2D eigenvalue weighted by molar-refractivity contribution is -0.149. The summed E-state index contributed by atoms with van der Waals surface area (Å²) in [6.07, 6.45) is 0.146. The van der Waals surface area contributed by atoms with E-state index < -0.39 is 17.6 Å². The van der Waals surface area contributed by atoms with E-state index in [9.17, 15) is 4.79 Å². The van der Waals surface area contributed by atoms with E-state index in [4.69, 9.17) is 24.3 Å². The summed E-state index contributed by atoms with van der Waals surface area (Å²) >= 11 is 3.49. The summed E-state index contributed by atoms with van der Waals surface area (Å²) in [6.45, 7) is 0.497. The molecule has 0 bridgehead atoms. The molecule has 0 spiro atoms. The van der Waals surface area contributed by atoms with Crippen molar-refractivity contribution in [2.75, 3.05) is 20.3 Å². The minimum absolute atomic E-state index is 0.0738. The van der Waals surface area contributed by atoms with Crippen molar-refractivity contribution in [3.63, 3.8) is 0 Å². The number of aliphatic imine (C=N–C) groups is 1. The number of benzene rings is 4. The lowest BCUT2D eigenvalue weighted by Crippen LogP contribution is -2.44. The van der Waals surface area contributed by atoms with Gasteiger partial charge >= 0.3 is 5.97 Å². The van der Waals surface area contributed by atoms with Gasteiger partial charge in [0.1, 0.15) is 5.75 Å². The number of halogens is 1. The molecule has 0 radical (unpaired) electrons. The van der Waals surface area contributed by atoms with Gasteiger partial charge < -0.3 is 19.3 Å². The van der Waals surface area contributed by atoms with Gasteiger partial charge in [-0.3, -0.25) is 0 Å². The van der Waals surface area contributed by atoms with Gasteiger partial charge in [-0.05, 0) is 58.7 Å². The monoisotopic (exact) mass is 599 g/mol. The molecule has 0 saturated heterocycles. The van der Waals surface area contributed by atoms with Crippen molar-refractivity contribution in [2.24, 2.45) is 4.99 Å². The number of methoxy groups -OCH3 is 1. The molecule has 204 valence electrons. The van der Waals surface area contributed by atoms with E-state index in [1.54, 1.807) is 0 Å². The van der Waals surface area contributed by atoms with Crippen molar-refractivity contribution < 1.29 is 24.1 Å². The highest BCUT2D eigenvalue weighted by atomic mass is 79.9. The number of hydrogen-bond donors (Lipinski definition) is 1. The Morgan fingerprint density at radius 1 is 0.900 bits per heavy atom. The predicted molar refractivity (Wildman–Crippen MR) is 158 cm³/mol. The van der Waals surface area contributed by atoms with E-state index in [0.29, 0.717) is 31.1 Å². The number of hydrogen-bond acceptors (Lipinski definition) is 6. The molecule has 1 N–H and O–H groups in total. The van der Waals surface area contributed by atoms with E-state index in [2.05, 4.69) is 28.1 Å². The van der Waals surface area contributed by atoms with Crippen LogP contribution in [0.1, 0.15) is 29.2 Å². The third kappa shape index (κ3) is 5.96. The maximum atomic E-state index is 13.6. The average molecular weight is 601 g/mol. The van der Waals surface area contributed by atoms with Gasteiger partial charge in [-0.1, -0.05) is 82.7 Å². The van der Waals surface area contributed by atoms with Crippen LogP contribution in [-0.2, 0) is 20.7 Å². The quantitative estimate of drug-likeness (QED) is 0.165. The van der Waals surface area contributed by atoms with Crippen molar-refractivity contribution in [3.05, 3.63) is 124 Å². The summed E-state index contributed by atoms with van der Waals surface area (Å²) in [5.74, 6) is 0.575. The number of aliphatic hydroxyl groups is 1. The van der Waals surface area contributed by atoms with Crippen LogP contribution in [0.3, 0.4) is 0 Å². The Labute approximate surface area is 242 Å². The first-order chi connectivity index (χ1) is 19.5. The molecule has 40 heavy (non-hydrogen) atoms. The fourth-order valence-electron chi connectivity index (χ4n) is 4.83. The maximum absolute atomic E-state index is 13.6. The zero-order valence-corrected chi connectivity index (χ0v) is 23.7. The van der Waals surface area contributed by atoms with Gasteiger partial charge in [-0.25, -0.2) is 9.79 Å². The van der Waals surface area contributed by atoms with Gasteiger partial charge in [-0.15, -0.1) is 0 Å². The lowest BCUT2D eigenvalue weighted by atomic mass is 9.82. The molecule has 6 nitrogen and oxygen atoms in total. The molecule has 5 rings (SSSR count). The summed E-state index contributed by atoms with van der Waals surface area (Å²) in [5, 5.41) is 9.00. The van der Waals surface area contributed by atoms with Crippen LogP contribution in [0.25, 0.3) is 11.1 Å². The van der Waals surface area contributed by atoms with Crippen LogP contribution >= 0.6 is 15.9 Å². The second kappa shape index (κ2) is 12.5. The van der Waals surface area contributed by atoms with Crippen LogP contribution in [0.2, 0.25) is 0 Å². The Morgan fingerprint density at radius 2 is 1.55 bits per heavy atom. The smallest absolute Gasteiger partial charge is 0.338 e. The summed E-state index contributed by atoms with van der Waals surface area (Å²) in [7, 11) is 1.38. The summed E-state index contributed by atoms with van der Waals surface area (Å²) in [6, 6.07) is 33.4. The first-order valence-corrected chi connectivity index (χ1v) is 13.9. The molecule has 4 aromatic carbocycles. The van der Waals surface area contributed by atoms with Crippen molar-refractivity contribution in [1.29, 1.82) is 0 Å². The van der Waals surface area contributed by atoms with Crippen LogP contribution in [-0.4, -0.2) is 42.8 Å². The molecule has 0 amide bonds. The number of aliphatic hydroxyl groups excluding tert-OH is 1. The minimum atomic E-state index is -1.33. The number of ether oxygens (including phenoxy) is 3. The fourth-order valence-corrected chi connectivity index (χ4v) is 5.09. The molecule has 1 aliphatic rings. The van der Waals surface area contributed by atoms with Crippen LogP contribution in [0.15, 0.2) is 113 Å². The van der Waals surface area contributed by atoms with Crippen molar-refractivity contribution in [1.82, 2.24) is 0 Å². The Kier molecular flexibility index (Phi) is 8.63. The van der Waals surface area contributed by atoms with Crippen LogP contribution < -0.4 is 4.74 Å². The summed E-state index contributed by atoms with van der Waals surface area (Å²) < 4.78 is 18.5. The van der Waals surface area contributed by atoms with Gasteiger partial charge in [-0.2, -0.15) is 0 Å². The Balaban J connectivity index is 1.53. The van der Waals surface area contributed by atoms with Crippen molar-refractivity contribution in [2.45, 2.75) is 24.5 Å². The minimum Gasteiger partial charge on any atom is -0.494 e. The molecule has 2 atom stereocenters. The topological polar surface area (TPSA) is 77.4 Å². The normalized spacial score (nSPS) is 18.1. The first kappa shape index (κ1) is 27.6. The second-order valence-electron chi connectivity index (χ2n) is 9.57. The highest BCUT2D eigenvalue weighted by molar-refractivity contribution is 9.10. The SMILES string of the molecule is COC(=O)[C@]1(Cc2ccc(Br)cc2)N=C(c2ccc(OCCCO)cc2)O[C@@H]1c1ccc(-c2ccccc2)cc1. The number of rotatable bonds is 10. The standard InChI is InChI=1S/C33H30BrNO5/c1-38-32(37)33(22-23-8-16-28(34)17-9-23)30(26-12-10-25(11-13-26)24-6-3-2-4-7-24)40-31(35-33)27-14-18-29(19-15-27)39-21-5-20-36/h2-4,6-19,30,36H,5,20-22H2,1H3/t30-,33-/m1/s1. The van der Waals surface area contributed by atoms with Gasteiger partial charge in [0, 0.05) is 29.5 Å². The number of carbonyl (C=O) groups excluding carboxylic acids is 1. The largest absolute Gasteiger partial charge is 0.494 e. The molecule has 0 aromatic heterocycles. The van der Waals surface area contributed by atoms with Crippen LogP contribution in [0.4, 0.5) is 0 Å². The van der Waals surface area contributed by atoms with Gasteiger partial charge in [0.2, 0.25) is 11.4 Å². The molecule has 1 heterocycles. The summed E-state index contributed by atoms with van der Waals surface area (Å²) in [4.78, 5) is 18.6. The van der Waals surface area contributed by atoms with Crippen LogP contribution in [0, 0.1) is 0 Å². The number of esters is 1. The van der Waals surface area contributed by atoms with E-state index in [1.165, 1.54) is 7.11 Å². The number of carbonyl (C=O) groups is 1. The van der Waals surface area contributed by atoms with Crippen LogP contribution in [0.5, 0.6) is 5.75 Å². The van der Waals surface area contributed by atoms with Crippen molar-refractivity contribution in [3.8, 4) is 16.9 Å². The molecule has 4 aromatic rings. The molecule has 1 aliphatic heterocycles. The second-order valence-corrected chi connectivity index (χ2v) is 10.5. The predicted octanol–water partition coefficient (Wildman–Crippen LogP) is 6.55.